The predicted molar refractivity (Wildman–Crippen MR) is 95.4 cm³/mol. The molecule has 5 heteroatoms. The van der Waals surface area contributed by atoms with E-state index in [1.165, 1.54) is 25.6 Å². The van der Waals surface area contributed by atoms with Gasteiger partial charge in [-0.15, -0.1) is 0 Å². The fourth-order valence-corrected chi connectivity index (χ4v) is 2.92. The molecule has 24 heavy (non-hydrogen) atoms. The van der Waals surface area contributed by atoms with Crippen LogP contribution in [0.25, 0.3) is 0 Å². The molecule has 2 aromatic rings. The van der Waals surface area contributed by atoms with Gasteiger partial charge in [-0.2, -0.15) is 0 Å². The van der Waals surface area contributed by atoms with Gasteiger partial charge in [-0.1, -0.05) is 0 Å². The highest BCUT2D eigenvalue weighted by atomic mass is 16.5. The van der Waals surface area contributed by atoms with Crippen molar-refractivity contribution in [3.8, 4) is 11.5 Å². The van der Waals surface area contributed by atoms with Crippen molar-refractivity contribution in [2.75, 3.05) is 37.5 Å². The van der Waals surface area contributed by atoms with Gasteiger partial charge >= 0.3 is 0 Å². The molecule has 126 valence electrons. The van der Waals surface area contributed by atoms with E-state index < -0.39 is 0 Å². The number of carbonyl (C=O) groups is 1. The summed E-state index contributed by atoms with van der Waals surface area (Å²) in [6, 6.07) is 13.1. The Labute approximate surface area is 142 Å². The minimum absolute atomic E-state index is 0.205. The van der Waals surface area contributed by atoms with Gasteiger partial charge in [0.25, 0.3) is 5.91 Å². The minimum Gasteiger partial charge on any atom is -0.497 e. The van der Waals surface area contributed by atoms with Gasteiger partial charge < -0.3 is 19.7 Å². The lowest BCUT2D eigenvalue weighted by atomic mass is 10.1. The van der Waals surface area contributed by atoms with Gasteiger partial charge in [-0.3, -0.25) is 4.79 Å². The number of carbonyl (C=O) groups excluding carboxylic acids is 1. The van der Waals surface area contributed by atoms with Gasteiger partial charge in [0.15, 0.2) is 0 Å². The standard InChI is InChI=1S/C19H22N2O3/c1-23-16-9-10-17(18(13-16)24-2)19(22)20-14-5-7-15(8-6-14)21-11-3-4-12-21/h5-10,13H,3-4,11-12H2,1-2H3,(H,20,22). The second-order valence-electron chi connectivity index (χ2n) is 5.76. The number of ether oxygens (including phenoxy) is 2. The van der Waals surface area contributed by atoms with E-state index in [-0.39, 0.29) is 5.91 Å². The summed E-state index contributed by atoms with van der Waals surface area (Å²) in [5, 5.41) is 2.91. The van der Waals surface area contributed by atoms with Gasteiger partial charge in [0.05, 0.1) is 19.8 Å². The Kier molecular flexibility index (Phi) is 4.89. The first-order chi connectivity index (χ1) is 11.7. The minimum atomic E-state index is -0.205. The van der Waals surface area contributed by atoms with Crippen molar-refractivity contribution in [3.63, 3.8) is 0 Å². The molecule has 0 aliphatic carbocycles. The smallest absolute Gasteiger partial charge is 0.259 e. The van der Waals surface area contributed by atoms with Crippen molar-refractivity contribution < 1.29 is 14.3 Å². The second-order valence-corrected chi connectivity index (χ2v) is 5.76. The van der Waals surface area contributed by atoms with Crippen molar-refractivity contribution in [1.82, 2.24) is 0 Å². The lowest BCUT2D eigenvalue weighted by Gasteiger charge is -2.18. The number of hydrogen-bond acceptors (Lipinski definition) is 4. The van der Waals surface area contributed by atoms with Crippen molar-refractivity contribution in [1.29, 1.82) is 0 Å². The number of hydrogen-bond donors (Lipinski definition) is 1. The Bertz CT molecular complexity index is 707. The molecule has 0 aromatic heterocycles. The number of anilines is 2. The Morgan fingerprint density at radius 2 is 1.71 bits per heavy atom. The Balaban J connectivity index is 1.72. The third-order valence-electron chi connectivity index (χ3n) is 4.25. The summed E-state index contributed by atoms with van der Waals surface area (Å²) in [5.74, 6) is 0.933. The molecule has 1 amide bonds. The molecule has 0 atom stereocenters. The normalized spacial score (nSPS) is 13.7. The highest BCUT2D eigenvalue weighted by Gasteiger charge is 2.15. The van der Waals surface area contributed by atoms with Gasteiger partial charge in [-0.25, -0.2) is 0 Å². The van der Waals surface area contributed by atoms with Gasteiger partial charge in [0.2, 0.25) is 0 Å². The molecule has 1 N–H and O–H groups in total. The van der Waals surface area contributed by atoms with Crippen molar-refractivity contribution in [2.24, 2.45) is 0 Å². The summed E-state index contributed by atoms with van der Waals surface area (Å²) < 4.78 is 10.4. The average Bonchev–Trinajstić information content (AvgIpc) is 3.16. The molecular weight excluding hydrogens is 304 g/mol. The van der Waals surface area contributed by atoms with Gasteiger partial charge in [0.1, 0.15) is 11.5 Å². The number of rotatable bonds is 5. The van der Waals surface area contributed by atoms with Crippen LogP contribution in [-0.4, -0.2) is 33.2 Å². The Morgan fingerprint density at radius 3 is 2.33 bits per heavy atom. The molecule has 0 saturated carbocycles. The van der Waals surface area contributed by atoms with E-state index in [0.29, 0.717) is 17.1 Å². The van der Waals surface area contributed by atoms with E-state index in [2.05, 4.69) is 10.2 Å². The predicted octanol–water partition coefficient (Wildman–Crippen LogP) is 3.56. The van der Waals surface area contributed by atoms with Crippen LogP contribution in [0, 0.1) is 0 Å². The molecule has 0 radical (unpaired) electrons. The van der Waals surface area contributed by atoms with Crippen LogP contribution >= 0.6 is 0 Å². The van der Waals surface area contributed by atoms with E-state index >= 15 is 0 Å². The number of methoxy groups -OCH3 is 2. The summed E-state index contributed by atoms with van der Waals surface area (Å²) >= 11 is 0. The van der Waals surface area contributed by atoms with Crippen LogP contribution in [0.3, 0.4) is 0 Å². The molecule has 3 rings (SSSR count). The van der Waals surface area contributed by atoms with Crippen LogP contribution in [0.5, 0.6) is 11.5 Å². The van der Waals surface area contributed by atoms with Gasteiger partial charge in [0, 0.05) is 30.5 Å². The zero-order valence-electron chi connectivity index (χ0n) is 14.0. The number of benzene rings is 2. The SMILES string of the molecule is COc1ccc(C(=O)Nc2ccc(N3CCCC3)cc2)c(OC)c1. The molecule has 5 nitrogen and oxygen atoms in total. The Morgan fingerprint density at radius 1 is 1.00 bits per heavy atom. The zero-order valence-corrected chi connectivity index (χ0v) is 14.0. The largest absolute Gasteiger partial charge is 0.497 e. The lowest BCUT2D eigenvalue weighted by molar-refractivity contribution is 0.102. The first-order valence-corrected chi connectivity index (χ1v) is 8.09. The maximum atomic E-state index is 12.5. The topological polar surface area (TPSA) is 50.8 Å². The molecule has 0 unspecified atom stereocenters. The van der Waals surface area contributed by atoms with Crippen LogP contribution in [0.1, 0.15) is 23.2 Å². The lowest BCUT2D eigenvalue weighted by Crippen LogP contribution is -2.17. The summed E-state index contributed by atoms with van der Waals surface area (Å²) in [6.45, 7) is 2.21. The molecule has 1 fully saturated rings. The van der Waals surface area contributed by atoms with Crippen LogP contribution in [-0.2, 0) is 0 Å². The van der Waals surface area contributed by atoms with E-state index in [0.717, 1.165) is 18.8 Å². The first-order valence-electron chi connectivity index (χ1n) is 8.09. The van der Waals surface area contributed by atoms with Crippen LogP contribution < -0.4 is 19.7 Å². The van der Waals surface area contributed by atoms with E-state index in [9.17, 15) is 4.79 Å². The summed E-state index contributed by atoms with van der Waals surface area (Å²) in [7, 11) is 3.12. The highest BCUT2D eigenvalue weighted by Crippen LogP contribution is 2.26. The van der Waals surface area contributed by atoms with Crippen LogP contribution in [0.2, 0.25) is 0 Å². The molecule has 0 bridgehead atoms. The summed E-state index contributed by atoms with van der Waals surface area (Å²) in [4.78, 5) is 14.9. The monoisotopic (exact) mass is 326 g/mol. The second kappa shape index (κ2) is 7.25. The number of amides is 1. The van der Waals surface area contributed by atoms with Gasteiger partial charge in [-0.05, 0) is 49.2 Å². The van der Waals surface area contributed by atoms with Crippen LogP contribution in [0.15, 0.2) is 42.5 Å². The first kappa shape index (κ1) is 16.2. The Hall–Kier alpha value is -2.69. The van der Waals surface area contributed by atoms with Crippen molar-refractivity contribution in [2.45, 2.75) is 12.8 Å². The number of nitrogens with zero attached hydrogens (tertiary/aromatic N) is 1. The molecule has 1 saturated heterocycles. The fraction of sp³-hybridized carbons (Fsp3) is 0.316. The van der Waals surface area contributed by atoms with Crippen LogP contribution in [0.4, 0.5) is 11.4 Å². The molecule has 1 aliphatic rings. The van der Waals surface area contributed by atoms with E-state index in [1.54, 1.807) is 25.3 Å². The maximum Gasteiger partial charge on any atom is 0.259 e. The van der Waals surface area contributed by atoms with E-state index in [4.69, 9.17) is 9.47 Å². The summed E-state index contributed by atoms with van der Waals surface area (Å²) in [6.07, 6.45) is 2.49. The maximum absolute atomic E-state index is 12.5. The molecule has 1 heterocycles. The quantitative estimate of drug-likeness (QED) is 0.913. The summed E-state index contributed by atoms with van der Waals surface area (Å²) in [5.41, 5.74) is 2.44. The molecule has 2 aromatic carbocycles. The average molecular weight is 326 g/mol. The fourth-order valence-electron chi connectivity index (χ4n) is 2.92. The molecule has 0 spiro atoms. The van der Waals surface area contributed by atoms with Crippen molar-refractivity contribution >= 4 is 17.3 Å². The number of nitrogens with one attached hydrogen (secondary N) is 1. The third kappa shape index (κ3) is 3.45. The zero-order chi connectivity index (χ0) is 16.9. The van der Waals surface area contributed by atoms with E-state index in [1.807, 2.05) is 24.3 Å². The molecule has 1 aliphatic heterocycles. The molecular formula is C19H22N2O3. The third-order valence-corrected chi connectivity index (χ3v) is 4.25. The highest BCUT2D eigenvalue weighted by molar-refractivity contribution is 6.06. The van der Waals surface area contributed by atoms with Crippen molar-refractivity contribution in [3.05, 3.63) is 48.0 Å².